The minimum absolute atomic E-state index is 0.168. The Kier molecular flexibility index (Phi) is 6.66. The highest BCUT2D eigenvalue weighted by molar-refractivity contribution is 7.07. The molecule has 2 aromatic carbocycles. The van der Waals surface area contributed by atoms with Crippen LogP contribution < -0.4 is 29.3 Å². The fraction of sp³-hybridized carbons (Fsp3) is 0.286. The second kappa shape index (κ2) is 9.94. The van der Waals surface area contributed by atoms with Crippen LogP contribution in [0.1, 0.15) is 37.9 Å². The summed E-state index contributed by atoms with van der Waals surface area (Å²) in [4.78, 5) is 47.5. The maximum absolute atomic E-state index is 14.1. The van der Waals surface area contributed by atoms with Crippen molar-refractivity contribution >= 4 is 34.5 Å². The van der Waals surface area contributed by atoms with E-state index in [-0.39, 0.29) is 22.6 Å². The molecule has 0 spiro atoms. The lowest BCUT2D eigenvalue weighted by Gasteiger charge is -2.25. The predicted molar refractivity (Wildman–Crippen MR) is 143 cm³/mol. The highest BCUT2D eigenvalue weighted by atomic mass is 32.1. The third kappa shape index (κ3) is 3.83. The smallest absolute Gasteiger partial charge is 0.338 e. The summed E-state index contributed by atoms with van der Waals surface area (Å²) in [5.74, 6) is 0.164. The number of hydrogen-bond donors (Lipinski definition) is 0. The van der Waals surface area contributed by atoms with Crippen LogP contribution in [0, 0.1) is 0 Å². The number of esters is 1. The van der Waals surface area contributed by atoms with Crippen LogP contribution in [-0.4, -0.2) is 43.8 Å². The Bertz CT molecular complexity index is 1680. The summed E-state index contributed by atoms with van der Waals surface area (Å²) in [7, 11) is 3.05. The Morgan fingerprint density at radius 1 is 1.05 bits per heavy atom. The van der Waals surface area contributed by atoms with E-state index in [1.165, 1.54) is 18.8 Å². The summed E-state index contributed by atoms with van der Waals surface area (Å²) >= 11 is 1.14. The number of hydrogen-bond acceptors (Lipinski definition) is 8. The van der Waals surface area contributed by atoms with Crippen molar-refractivity contribution in [3.8, 4) is 11.5 Å². The molecule has 9 nitrogen and oxygen atoms in total. The number of para-hydroxylation sites is 1. The highest BCUT2D eigenvalue weighted by Crippen LogP contribution is 2.37. The molecule has 2 aliphatic rings. The van der Waals surface area contributed by atoms with Gasteiger partial charge in [-0.25, -0.2) is 9.79 Å². The Hall–Kier alpha value is -4.18. The topological polar surface area (TPSA) is 99.4 Å². The molecule has 3 aromatic rings. The molecule has 1 amide bonds. The molecule has 0 unspecified atom stereocenters. The standard InChI is InChI=1S/C28H27N3O6S/c1-6-30-18-11-9-8-10-17(18)22(25(30)32)24-26(33)31-23(16-12-13-19(35-4)20(14-16)36-5)21(27(34)37-7-2)15(3)29-28(31)38-24/h8-14,23H,6-7H2,1-5H3/b24-22+/t23-/m0/s1. The maximum atomic E-state index is 14.1. The number of anilines is 1. The zero-order valence-electron chi connectivity index (χ0n) is 21.7. The van der Waals surface area contributed by atoms with Gasteiger partial charge in [0, 0.05) is 12.1 Å². The van der Waals surface area contributed by atoms with E-state index >= 15 is 0 Å². The van der Waals surface area contributed by atoms with Crippen LogP contribution in [0.4, 0.5) is 5.69 Å². The van der Waals surface area contributed by atoms with Crippen molar-refractivity contribution in [1.29, 1.82) is 0 Å². The average Bonchev–Trinajstić information content (AvgIpc) is 3.39. The first-order valence-electron chi connectivity index (χ1n) is 12.2. The number of allylic oxidation sites excluding steroid dienone is 1. The van der Waals surface area contributed by atoms with Gasteiger partial charge in [0.1, 0.15) is 4.53 Å². The lowest BCUT2D eigenvalue weighted by atomic mass is 9.95. The van der Waals surface area contributed by atoms with Gasteiger partial charge in [-0.3, -0.25) is 14.2 Å². The molecule has 0 N–H and O–H groups in total. The van der Waals surface area contributed by atoms with Gasteiger partial charge in [0.15, 0.2) is 16.3 Å². The molecule has 10 heteroatoms. The molecule has 196 valence electrons. The number of benzene rings is 2. The maximum Gasteiger partial charge on any atom is 0.338 e. The number of thiazole rings is 1. The van der Waals surface area contributed by atoms with Gasteiger partial charge >= 0.3 is 5.97 Å². The van der Waals surface area contributed by atoms with Gasteiger partial charge in [-0.05, 0) is 44.5 Å². The van der Waals surface area contributed by atoms with Gasteiger partial charge in [0.25, 0.3) is 11.5 Å². The van der Waals surface area contributed by atoms with Crippen LogP contribution in [0.25, 0.3) is 5.57 Å². The molecule has 3 heterocycles. The first kappa shape index (κ1) is 25.5. The largest absolute Gasteiger partial charge is 0.493 e. The highest BCUT2D eigenvalue weighted by Gasteiger charge is 2.37. The van der Waals surface area contributed by atoms with Gasteiger partial charge in [-0.15, -0.1) is 0 Å². The molecule has 0 saturated heterocycles. The Labute approximate surface area is 222 Å². The first-order chi connectivity index (χ1) is 18.4. The molecule has 0 aliphatic carbocycles. The minimum Gasteiger partial charge on any atom is -0.493 e. The van der Waals surface area contributed by atoms with E-state index in [1.807, 2.05) is 31.2 Å². The van der Waals surface area contributed by atoms with Crippen LogP contribution in [-0.2, 0) is 14.3 Å². The van der Waals surface area contributed by atoms with Crippen molar-refractivity contribution in [2.45, 2.75) is 26.8 Å². The van der Waals surface area contributed by atoms with Gasteiger partial charge in [-0.1, -0.05) is 35.6 Å². The summed E-state index contributed by atoms with van der Waals surface area (Å²) in [5.41, 5.74) is 2.71. The third-order valence-electron chi connectivity index (χ3n) is 6.68. The van der Waals surface area contributed by atoms with Crippen molar-refractivity contribution in [2.75, 3.05) is 32.3 Å². The molecule has 0 fully saturated rings. The monoisotopic (exact) mass is 533 g/mol. The molecule has 0 saturated carbocycles. The van der Waals surface area contributed by atoms with E-state index in [0.717, 1.165) is 17.0 Å². The minimum atomic E-state index is -0.839. The number of rotatable bonds is 6. The number of methoxy groups -OCH3 is 2. The van der Waals surface area contributed by atoms with Crippen LogP contribution in [0.3, 0.4) is 0 Å². The van der Waals surface area contributed by atoms with E-state index in [0.29, 0.717) is 45.2 Å². The summed E-state index contributed by atoms with van der Waals surface area (Å²) in [6, 6.07) is 11.8. The number of ether oxygens (including phenoxy) is 3. The van der Waals surface area contributed by atoms with Crippen LogP contribution in [0.15, 0.2) is 63.5 Å². The van der Waals surface area contributed by atoms with Crippen molar-refractivity contribution < 1.29 is 23.8 Å². The van der Waals surface area contributed by atoms with Gasteiger partial charge < -0.3 is 19.1 Å². The van der Waals surface area contributed by atoms with Crippen molar-refractivity contribution in [1.82, 2.24) is 4.57 Å². The van der Waals surface area contributed by atoms with Gasteiger partial charge in [0.2, 0.25) is 0 Å². The van der Waals surface area contributed by atoms with Crippen LogP contribution in [0.2, 0.25) is 0 Å². The van der Waals surface area contributed by atoms with Gasteiger partial charge in [0.05, 0.1) is 49.4 Å². The summed E-state index contributed by atoms with van der Waals surface area (Å²) in [5, 5.41) is 0. The molecule has 2 aliphatic heterocycles. The molecular formula is C28H27N3O6S. The van der Waals surface area contributed by atoms with E-state index in [4.69, 9.17) is 14.2 Å². The molecule has 0 bridgehead atoms. The van der Waals surface area contributed by atoms with E-state index in [1.54, 1.807) is 36.9 Å². The Balaban J connectivity index is 1.83. The number of amides is 1. The fourth-order valence-corrected chi connectivity index (χ4v) is 6.13. The molecule has 1 aromatic heterocycles. The molecule has 0 radical (unpaired) electrons. The zero-order valence-corrected chi connectivity index (χ0v) is 22.5. The quantitative estimate of drug-likeness (QED) is 0.452. The summed E-state index contributed by atoms with van der Waals surface area (Å²) in [6.07, 6.45) is 0. The first-order valence-corrected chi connectivity index (χ1v) is 13.0. The summed E-state index contributed by atoms with van der Waals surface area (Å²) < 4.78 is 18.0. The number of likely N-dealkylation sites (N-methyl/N-ethyl adjacent to an activating group) is 1. The Morgan fingerprint density at radius 2 is 1.79 bits per heavy atom. The number of carbonyl (C=O) groups excluding carboxylic acids is 2. The zero-order chi connectivity index (χ0) is 27.1. The lowest BCUT2D eigenvalue weighted by Crippen LogP contribution is -2.41. The third-order valence-corrected chi connectivity index (χ3v) is 7.74. The normalized spacial score (nSPS) is 17.7. The molecule has 38 heavy (non-hydrogen) atoms. The number of carbonyl (C=O) groups is 2. The van der Waals surface area contributed by atoms with Gasteiger partial charge in [-0.2, -0.15) is 0 Å². The predicted octanol–water partition coefficient (Wildman–Crippen LogP) is 2.55. The molecule has 1 atom stereocenters. The number of aromatic nitrogens is 1. The Morgan fingerprint density at radius 3 is 2.47 bits per heavy atom. The second-order valence-electron chi connectivity index (χ2n) is 8.68. The number of fused-ring (bicyclic) bond motifs is 2. The van der Waals surface area contributed by atoms with E-state index in [2.05, 4.69) is 4.99 Å². The molecule has 5 rings (SSSR count). The van der Waals surface area contributed by atoms with Crippen molar-refractivity contribution in [2.24, 2.45) is 4.99 Å². The lowest BCUT2D eigenvalue weighted by molar-refractivity contribution is -0.139. The van der Waals surface area contributed by atoms with E-state index < -0.39 is 17.6 Å². The molecular weight excluding hydrogens is 506 g/mol. The van der Waals surface area contributed by atoms with Crippen LogP contribution in [0.5, 0.6) is 11.5 Å². The summed E-state index contributed by atoms with van der Waals surface area (Å²) in [6.45, 7) is 5.97. The second-order valence-corrected chi connectivity index (χ2v) is 9.66. The average molecular weight is 534 g/mol. The van der Waals surface area contributed by atoms with Crippen molar-refractivity contribution in [3.05, 3.63) is 84.5 Å². The van der Waals surface area contributed by atoms with Crippen molar-refractivity contribution in [3.63, 3.8) is 0 Å². The SMILES string of the molecule is CCOC(=O)C1=C(C)N=c2s/c(=C3/C(=O)N(CC)c4ccccc43)c(=O)n2[C@H]1c1ccc(OC)c(OC)c1. The van der Waals surface area contributed by atoms with E-state index in [9.17, 15) is 14.4 Å². The fourth-order valence-electron chi connectivity index (χ4n) is 4.99. The number of nitrogens with zero attached hydrogens (tertiary/aromatic N) is 3. The van der Waals surface area contributed by atoms with Crippen LogP contribution >= 0.6 is 11.3 Å².